The van der Waals surface area contributed by atoms with Crippen LogP contribution in [0.1, 0.15) is 74.6 Å². The minimum Gasteiger partial charge on any atom is -0.444 e. The Kier molecular flexibility index (Phi) is 7.88. The first kappa shape index (κ1) is 26.0. The predicted octanol–water partition coefficient (Wildman–Crippen LogP) is 5.22. The van der Waals surface area contributed by atoms with Gasteiger partial charge < -0.3 is 25.2 Å². The normalized spacial score (nSPS) is 20.9. The van der Waals surface area contributed by atoms with E-state index in [-0.39, 0.29) is 30.0 Å². The standard InChI is InChI=1S/C29H40N4O3/c1-6-32(7-2)18-16-30-27(34)21-13-14-24-23(19-21)26-22(25(31-24)20-11-9-8-10-12-20)15-17-33(26)28(35)36-29(3,4)5/h8-14,19,22,25-26,31H,6-7,15-18H2,1-5H3,(H,30,34)/t22-,25?,26-/m0/s1. The van der Waals surface area contributed by atoms with E-state index >= 15 is 0 Å². The second-order valence-corrected chi connectivity index (χ2v) is 10.7. The van der Waals surface area contributed by atoms with E-state index in [1.807, 2.05) is 62.1 Å². The molecule has 0 aliphatic carbocycles. The second kappa shape index (κ2) is 10.9. The average molecular weight is 493 g/mol. The van der Waals surface area contributed by atoms with Crippen LogP contribution < -0.4 is 10.6 Å². The number of carbonyl (C=O) groups excluding carboxylic acids is 2. The maximum Gasteiger partial charge on any atom is 0.410 e. The highest BCUT2D eigenvalue weighted by Gasteiger charge is 2.47. The van der Waals surface area contributed by atoms with E-state index in [9.17, 15) is 9.59 Å². The molecule has 2 aromatic rings. The lowest BCUT2D eigenvalue weighted by Gasteiger charge is -2.40. The summed E-state index contributed by atoms with van der Waals surface area (Å²) in [6.07, 6.45) is 0.555. The molecular weight excluding hydrogens is 452 g/mol. The lowest BCUT2D eigenvalue weighted by Crippen LogP contribution is -2.40. The van der Waals surface area contributed by atoms with Crippen LogP contribution in [0.15, 0.2) is 48.5 Å². The van der Waals surface area contributed by atoms with Crippen molar-refractivity contribution in [3.05, 3.63) is 65.2 Å². The lowest BCUT2D eigenvalue weighted by molar-refractivity contribution is 0.0198. The number of likely N-dealkylation sites (tertiary alicyclic amines) is 1. The highest BCUT2D eigenvalue weighted by Crippen LogP contribution is 2.51. The number of fused-ring (bicyclic) bond motifs is 3. The largest absolute Gasteiger partial charge is 0.444 e. The minimum absolute atomic E-state index is 0.0740. The van der Waals surface area contributed by atoms with Gasteiger partial charge in [0.2, 0.25) is 0 Å². The quantitative estimate of drug-likeness (QED) is 0.554. The van der Waals surface area contributed by atoms with Crippen molar-refractivity contribution in [2.45, 2.75) is 58.7 Å². The molecule has 2 aliphatic heterocycles. The molecule has 1 fully saturated rings. The molecule has 2 aromatic carbocycles. The number of anilines is 1. The summed E-state index contributed by atoms with van der Waals surface area (Å²) in [4.78, 5) is 30.4. The molecule has 1 unspecified atom stereocenters. The van der Waals surface area contributed by atoms with E-state index in [1.165, 1.54) is 5.56 Å². The van der Waals surface area contributed by atoms with Crippen molar-refractivity contribution >= 4 is 17.7 Å². The lowest BCUT2D eigenvalue weighted by atomic mass is 9.79. The zero-order valence-electron chi connectivity index (χ0n) is 22.2. The Labute approximate surface area is 215 Å². The number of rotatable bonds is 7. The topological polar surface area (TPSA) is 73.9 Å². The molecule has 1 saturated heterocycles. The third kappa shape index (κ3) is 5.67. The third-order valence-corrected chi connectivity index (χ3v) is 7.21. The van der Waals surface area contributed by atoms with Crippen molar-refractivity contribution in [1.29, 1.82) is 0 Å². The fourth-order valence-corrected chi connectivity index (χ4v) is 5.40. The number of likely N-dealkylation sites (N-methyl/N-ethyl adjacent to an activating group) is 1. The number of ether oxygens (including phenoxy) is 1. The van der Waals surface area contributed by atoms with Gasteiger partial charge in [-0.25, -0.2) is 4.79 Å². The molecule has 0 radical (unpaired) electrons. The van der Waals surface area contributed by atoms with Gasteiger partial charge in [0.05, 0.1) is 12.1 Å². The van der Waals surface area contributed by atoms with E-state index in [4.69, 9.17) is 4.74 Å². The van der Waals surface area contributed by atoms with Gasteiger partial charge in [0.25, 0.3) is 5.91 Å². The molecule has 0 saturated carbocycles. The summed E-state index contributed by atoms with van der Waals surface area (Å²) in [6.45, 7) is 13.9. The Hall–Kier alpha value is -3.06. The summed E-state index contributed by atoms with van der Waals surface area (Å²) < 4.78 is 5.78. The maximum atomic E-state index is 13.2. The maximum absolute atomic E-state index is 13.2. The van der Waals surface area contributed by atoms with Gasteiger partial charge in [-0.2, -0.15) is 0 Å². The summed E-state index contributed by atoms with van der Waals surface area (Å²) in [5, 5.41) is 6.77. The van der Waals surface area contributed by atoms with E-state index in [0.717, 1.165) is 37.3 Å². The van der Waals surface area contributed by atoms with Crippen LogP contribution in [0.2, 0.25) is 0 Å². The number of hydrogen-bond donors (Lipinski definition) is 2. The van der Waals surface area contributed by atoms with Crippen molar-refractivity contribution < 1.29 is 14.3 Å². The van der Waals surface area contributed by atoms with Crippen molar-refractivity contribution in [2.24, 2.45) is 5.92 Å². The molecule has 7 heteroatoms. The molecule has 2 N–H and O–H groups in total. The Morgan fingerprint density at radius 1 is 1.11 bits per heavy atom. The smallest absolute Gasteiger partial charge is 0.410 e. The zero-order valence-corrected chi connectivity index (χ0v) is 22.2. The molecule has 0 bridgehead atoms. The van der Waals surface area contributed by atoms with Crippen LogP contribution in [-0.4, -0.2) is 60.1 Å². The van der Waals surface area contributed by atoms with Crippen molar-refractivity contribution in [3.8, 4) is 0 Å². The molecular formula is C29H40N4O3. The predicted molar refractivity (Wildman–Crippen MR) is 143 cm³/mol. The van der Waals surface area contributed by atoms with Crippen LogP contribution in [0.4, 0.5) is 10.5 Å². The van der Waals surface area contributed by atoms with Gasteiger partial charge in [-0.05, 0) is 69.6 Å². The SMILES string of the molecule is CCN(CC)CCNC(=O)c1ccc2c(c1)[C@@H]1[C@@H](CCN1C(=O)OC(C)(C)C)C(c1ccccc1)N2. The minimum atomic E-state index is -0.573. The summed E-state index contributed by atoms with van der Waals surface area (Å²) >= 11 is 0. The molecule has 0 aromatic heterocycles. The average Bonchev–Trinajstić information content (AvgIpc) is 3.31. The fourth-order valence-electron chi connectivity index (χ4n) is 5.40. The van der Waals surface area contributed by atoms with Gasteiger partial charge in [-0.1, -0.05) is 44.2 Å². The van der Waals surface area contributed by atoms with Gasteiger partial charge in [-0.3, -0.25) is 4.79 Å². The number of nitrogens with one attached hydrogen (secondary N) is 2. The van der Waals surface area contributed by atoms with Crippen LogP contribution in [0.3, 0.4) is 0 Å². The summed E-state index contributed by atoms with van der Waals surface area (Å²) in [6, 6.07) is 16.1. The van der Waals surface area contributed by atoms with Crippen molar-refractivity contribution in [3.63, 3.8) is 0 Å². The highest BCUT2D eigenvalue weighted by atomic mass is 16.6. The Bertz CT molecular complexity index is 1060. The van der Waals surface area contributed by atoms with Crippen LogP contribution in [-0.2, 0) is 4.74 Å². The molecule has 2 amide bonds. The van der Waals surface area contributed by atoms with Gasteiger partial charge in [0.1, 0.15) is 5.60 Å². The van der Waals surface area contributed by atoms with Gasteiger partial charge in [-0.15, -0.1) is 0 Å². The zero-order chi connectivity index (χ0) is 25.9. The number of hydrogen-bond acceptors (Lipinski definition) is 5. The Morgan fingerprint density at radius 3 is 2.50 bits per heavy atom. The fraction of sp³-hybridized carbons (Fsp3) is 0.517. The van der Waals surface area contributed by atoms with Crippen LogP contribution in [0, 0.1) is 5.92 Å². The summed E-state index contributed by atoms with van der Waals surface area (Å²) in [5.74, 6) is 0.0851. The summed E-state index contributed by atoms with van der Waals surface area (Å²) in [5.41, 5.74) is 3.17. The van der Waals surface area contributed by atoms with E-state index in [0.29, 0.717) is 18.7 Å². The Balaban J connectivity index is 1.63. The van der Waals surface area contributed by atoms with Gasteiger partial charge in [0.15, 0.2) is 0 Å². The van der Waals surface area contributed by atoms with Gasteiger partial charge >= 0.3 is 6.09 Å². The Morgan fingerprint density at radius 2 is 1.83 bits per heavy atom. The molecule has 2 heterocycles. The van der Waals surface area contributed by atoms with Gasteiger partial charge in [0, 0.05) is 36.8 Å². The first-order valence-electron chi connectivity index (χ1n) is 13.2. The monoisotopic (exact) mass is 492 g/mol. The molecule has 194 valence electrons. The third-order valence-electron chi connectivity index (χ3n) is 7.21. The highest BCUT2D eigenvalue weighted by molar-refractivity contribution is 5.95. The van der Waals surface area contributed by atoms with E-state index < -0.39 is 5.60 Å². The summed E-state index contributed by atoms with van der Waals surface area (Å²) in [7, 11) is 0. The van der Waals surface area contributed by atoms with Crippen LogP contribution in [0.25, 0.3) is 0 Å². The van der Waals surface area contributed by atoms with E-state index in [2.05, 4.69) is 41.5 Å². The first-order valence-corrected chi connectivity index (χ1v) is 13.2. The number of amides is 2. The number of benzene rings is 2. The number of nitrogens with zero attached hydrogens (tertiary/aromatic N) is 2. The second-order valence-electron chi connectivity index (χ2n) is 10.7. The van der Waals surface area contributed by atoms with Crippen molar-refractivity contribution in [1.82, 2.24) is 15.1 Å². The van der Waals surface area contributed by atoms with Crippen molar-refractivity contribution in [2.75, 3.05) is 38.0 Å². The molecule has 2 aliphatic rings. The molecule has 4 rings (SSSR count). The van der Waals surface area contributed by atoms with Crippen LogP contribution in [0.5, 0.6) is 0 Å². The van der Waals surface area contributed by atoms with Crippen LogP contribution >= 0.6 is 0 Å². The van der Waals surface area contributed by atoms with E-state index in [1.54, 1.807) is 0 Å². The molecule has 3 atom stereocenters. The first-order chi connectivity index (χ1) is 17.2. The number of carbonyl (C=O) groups is 2. The molecule has 7 nitrogen and oxygen atoms in total. The molecule has 36 heavy (non-hydrogen) atoms. The molecule has 0 spiro atoms.